The van der Waals surface area contributed by atoms with E-state index in [9.17, 15) is 0 Å². The molecule has 0 aromatic heterocycles. The predicted molar refractivity (Wildman–Crippen MR) is 96.5 cm³/mol. The second kappa shape index (κ2) is 8.18. The summed E-state index contributed by atoms with van der Waals surface area (Å²) >= 11 is 0. The van der Waals surface area contributed by atoms with E-state index in [4.69, 9.17) is 9.47 Å². The predicted octanol–water partition coefficient (Wildman–Crippen LogP) is 3.02. The fourth-order valence-electron chi connectivity index (χ4n) is 3.27. The first-order valence-corrected chi connectivity index (χ1v) is 8.48. The Hall–Kier alpha value is -2.04. The molecular formula is C20H26N2O2. The van der Waals surface area contributed by atoms with Gasteiger partial charge in [-0.05, 0) is 11.6 Å². The molecule has 0 N–H and O–H groups in total. The van der Waals surface area contributed by atoms with Crippen LogP contribution in [0.4, 0.5) is 0 Å². The lowest BCUT2D eigenvalue weighted by atomic mass is 10.1. The largest absolute Gasteiger partial charge is 0.493 e. The van der Waals surface area contributed by atoms with Gasteiger partial charge in [0.2, 0.25) is 0 Å². The van der Waals surface area contributed by atoms with Crippen LogP contribution in [0.25, 0.3) is 0 Å². The van der Waals surface area contributed by atoms with Crippen LogP contribution in [0.5, 0.6) is 11.5 Å². The Balaban J connectivity index is 1.56. The second-order valence-electron chi connectivity index (χ2n) is 6.19. The molecule has 128 valence electrons. The third kappa shape index (κ3) is 4.08. The Morgan fingerprint density at radius 1 is 0.750 bits per heavy atom. The quantitative estimate of drug-likeness (QED) is 0.815. The summed E-state index contributed by atoms with van der Waals surface area (Å²) in [5.41, 5.74) is 2.58. The highest BCUT2D eigenvalue weighted by Crippen LogP contribution is 2.31. The zero-order chi connectivity index (χ0) is 16.8. The Morgan fingerprint density at radius 2 is 1.42 bits per heavy atom. The van der Waals surface area contributed by atoms with Crippen molar-refractivity contribution in [2.24, 2.45) is 0 Å². The van der Waals surface area contributed by atoms with Gasteiger partial charge in [-0.3, -0.25) is 9.80 Å². The minimum Gasteiger partial charge on any atom is -0.493 e. The maximum atomic E-state index is 5.55. The van der Waals surface area contributed by atoms with E-state index in [-0.39, 0.29) is 0 Å². The summed E-state index contributed by atoms with van der Waals surface area (Å²) in [6.45, 7) is 6.29. The SMILES string of the molecule is COc1cccc(CN2CCN(Cc3ccccc3)CC2)c1OC. The molecule has 4 heteroatoms. The number of para-hydroxylation sites is 1. The molecule has 2 aromatic rings. The summed E-state index contributed by atoms with van der Waals surface area (Å²) < 4.78 is 10.9. The molecule has 0 unspecified atom stereocenters. The molecule has 1 aliphatic heterocycles. The van der Waals surface area contributed by atoms with E-state index in [2.05, 4.69) is 46.2 Å². The molecule has 0 amide bonds. The minimum absolute atomic E-state index is 0.803. The first kappa shape index (κ1) is 16.8. The second-order valence-corrected chi connectivity index (χ2v) is 6.19. The number of methoxy groups -OCH3 is 2. The van der Waals surface area contributed by atoms with Gasteiger partial charge in [0.25, 0.3) is 0 Å². The summed E-state index contributed by atoms with van der Waals surface area (Å²) in [7, 11) is 3.39. The lowest BCUT2D eigenvalue weighted by Crippen LogP contribution is -2.45. The van der Waals surface area contributed by atoms with Crippen LogP contribution < -0.4 is 9.47 Å². The highest BCUT2D eigenvalue weighted by atomic mass is 16.5. The number of hydrogen-bond acceptors (Lipinski definition) is 4. The number of nitrogens with zero attached hydrogens (tertiary/aromatic N) is 2. The number of benzene rings is 2. The standard InChI is InChI=1S/C20H26N2O2/c1-23-19-10-6-9-18(20(19)24-2)16-22-13-11-21(12-14-22)15-17-7-4-3-5-8-17/h3-10H,11-16H2,1-2H3. The van der Waals surface area contributed by atoms with Crippen LogP contribution in [0.3, 0.4) is 0 Å². The lowest BCUT2D eigenvalue weighted by molar-refractivity contribution is 0.121. The molecule has 2 aromatic carbocycles. The van der Waals surface area contributed by atoms with E-state index < -0.39 is 0 Å². The van der Waals surface area contributed by atoms with Crippen molar-refractivity contribution in [3.8, 4) is 11.5 Å². The molecule has 0 bridgehead atoms. The van der Waals surface area contributed by atoms with Gasteiger partial charge in [-0.1, -0.05) is 42.5 Å². The third-order valence-electron chi connectivity index (χ3n) is 4.59. The van der Waals surface area contributed by atoms with Crippen molar-refractivity contribution in [1.29, 1.82) is 0 Å². The number of hydrogen-bond donors (Lipinski definition) is 0. The van der Waals surface area contributed by atoms with Crippen molar-refractivity contribution in [3.05, 3.63) is 59.7 Å². The summed E-state index contributed by atoms with van der Waals surface area (Å²) in [6, 6.07) is 16.8. The first-order chi connectivity index (χ1) is 11.8. The zero-order valence-electron chi connectivity index (χ0n) is 14.6. The number of rotatable bonds is 6. The van der Waals surface area contributed by atoms with Gasteiger partial charge < -0.3 is 9.47 Å². The van der Waals surface area contributed by atoms with Gasteiger partial charge >= 0.3 is 0 Å². The highest BCUT2D eigenvalue weighted by Gasteiger charge is 2.19. The van der Waals surface area contributed by atoms with E-state index >= 15 is 0 Å². The van der Waals surface area contributed by atoms with E-state index in [1.54, 1.807) is 14.2 Å². The molecule has 0 aliphatic carbocycles. The van der Waals surface area contributed by atoms with Crippen molar-refractivity contribution in [3.63, 3.8) is 0 Å². The van der Waals surface area contributed by atoms with E-state index in [1.165, 1.54) is 11.1 Å². The molecule has 4 nitrogen and oxygen atoms in total. The van der Waals surface area contributed by atoms with Crippen molar-refractivity contribution >= 4 is 0 Å². The highest BCUT2D eigenvalue weighted by molar-refractivity contribution is 5.46. The third-order valence-corrected chi connectivity index (χ3v) is 4.59. The van der Waals surface area contributed by atoms with Gasteiger partial charge in [0.15, 0.2) is 11.5 Å². The van der Waals surface area contributed by atoms with Crippen molar-refractivity contribution < 1.29 is 9.47 Å². The van der Waals surface area contributed by atoms with Crippen molar-refractivity contribution in [1.82, 2.24) is 9.80 Å². The average Bonchev–Trinajstić information content (AvgIpc) is 2.64. The van der Waals surface area contributed by atoms with E-state index in [1.807, 2.05) is 12.1 Å². The van der Waals surface area contributed by atoms with Gasteiger partial charge in [-0.2, -0.15) is 0 Å². The van der Waals surface area contributed by atoms with Gasteiger partial charge in [-0.15, -0.1) is 0 Å². The topological polar surface area (TPSA) is 24.9 Å². The van der Waals surface area contributed by atoms with Gasteiger partial charge in [0.05, 0.1) is 14.2 Å². The smallest absolute Gasteiger partial charge is 0.165 e. The lowest BCUT2D eigenvalue weighted by Gasteiger charge is -2.35. The molecule has 0 spiro atoms. The van der Waals surface area contributed by atoms with Crippen LogP contribution >= 0.6 is 0 Å². The maximum Gasteiger partial charge on any atom is 0.165 e. The monoisotopic (exact) mass is 326 g/mol. The van der Waals surface area contributed by atoms with Crippen LogP contribution in [0.15, 0.2) is 48.5 Å². The fraction of sp³-hybridized carbons (Fsp3) is 0.400. The average molecular weight is 326 g/mol. The molecule has 1 aliphatic rings. The maximum absolute atomic E-state index is 5.55. The molecule has 0 atom stereocenters. The fourth-order valence-corrected chi connectivity index (χ4v) is 3.27. The van der Waals surface area contributed by atoms with Crippen molar-refractivity contribution in [2.45, 2.75) is 13.1 Å². The van der Waals surface area contributed by atoms with Crippen LogP contribution in [-0.4, -0.2) is 50.2 Å². The van der Waals surface area contributed by atoms with Crippen LogP contribution in [0, 0.1) is 0 Å². The molecule has 1 heterocycles. The summed E-state index contributed by atoms with van der Waals surface area (Å²) in [5.74, 6) is 1.66. The molecule has 1 saturated heterocycles. The van der Waals surface area contributed by atoms with Gasteiger partial charge in [0.1, 0.15) is 0 Å². The van der Waals surface area contributed by atoms with E-state index in [0.717, 1.165) is 50.8 Å². The molecular weight excluding hydrogens is 300 g/mol. The van der Waals surface area contributed by atoms with E-state index in [0.29, 0.717) is 0 Å². The van der Waals surface area contributed by atoms with Gasteiger partial charge in [0, 0.05) is 44.8 Å². The van der Waals surface area contributed by atoms with Gasteiger partial charge in [-0.25, -0.2) is 0 Å². The Morgan fingerprint density at radius 3 is 2.04 bits per heavy atom. The summed E-state index contributed by atoms with van der Waals surface area (Å²) in [4.78, 5) is 5.01. The first-order valence-electron chi connectivity index (χ1n) is 8.48. The molecule has 0 saturated carbocycles. The van der Waals surface area contributed by atoms with Crippen LogP contribution in [-0.2, 0) is 13.1 Å². The van der Waals surface area contributed by atoms with Crippen LogP contribution in [0.2, 0.25) is 0 Å². The summed E-state index contributed by atoms with van der Waals surface area (Å²) in [5, 5.41) is 0. The number of ether oxygens (including phenoxy) is 2. The number of piperazine rings is 1. The molecule has 3 rings (SSSR count). The molecule has 0 radical (unpaired) electrons. The van der Waals surface area contributed by atoms with Crippen LogP contribution in [0.1, 0.15) is 11.1 Å². The normalized spacial score (nSPS) is 16.1. The molecule has 24 heavy (non-hydrogen) atoms. The Labute approximate surface area is 144 Å². The Bertz CT molecular complexity index is 637. The minimum atomic E-state index is 0.803. The summed E-state index contributed by atoms with van der Waals surface area (Å²) in [6.07, 6.45) is 0. The molecule has 1 fully saturated rings. The van der Waals surface area contributed by atoms with Crippen molar-refractivity contribution in [2.75, 3.05) is 40.4 Å². The Kier molecular flexibility index (Phi) is 5.72. The zero-order valence-corrected chi connectivity index (χ0v) is 14.6.